The molecule has 2 atom stereocenters. The van der Waals surface area contributed by atoms with Gasteiger partial charge in [-0.25, -0.2) is 13.4 Å². The van der Waals surface area contributed by atoms with Crippen LogP contribution in [0.2, 0.25) is 10.0 Å². The van der Waals surface area contributed by atoms with Crippen molar-refractivity contribution < 1.29 is 22.6 Å². The van der Waals surface area contributed by atoms with Crippen LogP contribution in [0.15, 0.2) is 61.2 Å². The molecule has 12 heteroatoms. The van der Waals surface area contributed by atoms with E-state index < -0.39 is 15.8 Å². The Bertz CT molecular complexity index is 1330. The Morgan fingerprint density at radius 2 is 1.87 bits per heavy atom. The summed E-state index contributed by atoms with van der Waals surface area (Å²) in [5, 5.41) is 0.994. The lowest BCUT2D eigenvalue weighted by Crippen LogP contribution is -2.49. The molecule has 0 aliphatic carbocycles. The van der Waals surface area contributed by atoms with Crippen molar-refractivity contribution in [2.45, 2.75) is 25.4 Å². The fourth-order valence-electron chi connectivity index (χ4n) is 4.72. The molecule has 9 nitrogen and oxygen atoms in total. The van der Waals surface area contributed by atoms with Crippen molar-refractivity contribution in [1.29, 1.82) is 0 Å². The first-order valence-electron chi connectivity index (χ1n) is 12.5. The average molecular weight is 582 g/mol. The zero-order valence-corrected chi connectivity index (χ0v) is 23.3. The van der Waals surface area contributed by atoms with Gasteiger partial charge in [0.25, 0.3) is 0 Å². The summed E-state index contributed by atoms with van der Waals surface area (Å²) in [4.78, 5) is 6.30. The molecular weight excluding hydrogens is 551 g/mol. The maximum absolute atomic E-state index is 12.1. The van der Waals surface area contributed by atoms with Gasteiger partial charge in [-0.3, -0.25) is 0 Å². The minimum Gasteiger partial charge on any atom is -0.491 e. The van der Waals surface area contributed by atoms with E-state index in [9.17, 15) is 8.42 Å². The molecule has 5 rings (SSSR count). The number of hydrogen-bond donors (Lipinski definition) is 0. The summed E-state index contributed by atoms with van der Waals surface area (Å²) in [6, 6.07) is 13.1. The minimum absolute atomic E-state index is 0.131. The van der Waals surface area contributed by atoms with Crippen LogP contribution in [0.4, 0.5) is 5.69 Å². The van der Waals surface area contributed by atoms with Crippen molar-refractivity contribution in [3.8, 4) is 5.75 Å². The second-order valence-electron chi connectivity index (χ2n) is 9.25. The quantitative estimate of drug-likeness (QED) is 0.378. The highest BCUT2D eigenvalue weighted by molar-refractivity contribution is 7.89. The van der Waals surface area contributed by atoms with Gasteiger partial charge >= 0.3 is 0 Å². The van der Waals surface area contributed by atoms with Crippen LogP contribution in [0.25, 0.3) is 0 Å². The minimum atomic E-state index is -3.15. The van der Waals surface area contributed by atoms with Gasteiger partial charge < -0.3 is 23.7 Å². The average Bonchev–Trinajstić information content (AvgIpc) is 3.58. The van der Waals surface area contributed by atoms with Gasteiger partial charge in [0.15, 0.2) is 0 Å². The predicted octanol–water partition coefficient (Wildman–Crippen LogP) is 4.01. The Labute approximate surface area is 232 Å². The highest BCUT2D eigenvalue weighted by atomic mass is 35.5. The molecule has 1 aromatic heterocycles. The summed E-state index contributed by atoms with van der Waals surface area (Å²) in [6.07, 6.45) is 4.92. The maximum Gasteiger partial charge on any atom is 0.215 e. The number of imidazole rings is 1. The molecule has 0 bridgehead atoms. The normalized spacial score (nSPS) is 22.6. The van der Waals surface area contributed by atoms with Crippen LogP contribution in [0.1, 0.15) is 12.5 Å². The van der Waals surface area contributed by atoms with E-state index in [-0.39, 0.29) is 11.9 Å². The SMILES string of the molecule is CCS(=O)(=O)N1CCN(c2ccc(OC[C@H]3CO[C@](Cn4ccnc4)(c4ccc(Cl)cc4Cl)O3)cc2)CC1. The highest BCUT2D eigenvalue weighted by Gasteiger charge is 2.45. The van der Waals surface area contributed by atoms with Crippen molar-refractivity contribution in [1.82, 2.24) is 13.9 Å². The zero-order valence-electron chi connectivity index (χ0n) is 21.0. The number of anilines is 1. The second kappa shape index (κ2) is 11.4. The van der Waals surface area contributed by atoms with Crippen LogP contribution < -0.4 is 9.64 Å². The largest absolute Gasteiger partial charge is 0.491 e. The standard InChI is InChI=1S/C26H30Cl2N4O5S/c1-2-38(33,34)32-13-11-31(12-14-32)21-4-6-22(7-5-21)35-16-23-17-36-26(37-23,18-30-10-9-29-19-30)24-8-3-20(27)15-25(24)28/h3-10,15,19,23H,2,11-14,16-18H2,1H3/t23-,26-/m0/s1. The monoisotopic (exact) mass is 580 g/mol. The van der Waals surface area contributed by atoms with Gasteiger partial charge in [-0.05, 0) is 43.3 Å². The van der Waals surface area contributed by atoms with Gasteiger partial charge in [-0.2, -0.15) is 4.31 Å². The van der Waals surface area contributed by atoms with Gasteiger partial charge in [0.1, 0.15) is 18.5 Å². The van der Waals surface area contributed by atoms with E-state index in [2.05, 4.69) is 9.88 Å². The molecule has 2 aromatic carbocycles. The molecule has 2 saturated heterocycles. The van der Waals surface area contributed by atoms with E-state index in [0.717, 1.165) is 5.69 Å². The molecule has 0 amide bonds. The smallest absolute Gasteiger partial charge is 0.215 e. The van der Waals surface area contributed by atoms with E-state index in [1.807, 2.05) is 41.1 Å². The highest BCUT2D eigenvalue weighted by Crippen LogP contribution is 2.40. The lowest BCUT2D eigenvalue weighted by molar-refractivity contribution is -0.189. The first-order valence-corrected chi connectivity index (χ1v) is 14.8. The molecular formula is C26H30Cl2N4O5S. The summed E-state index contributed by atoms with van der Waals surface area (Å²) in [5.74, 6) is -0.263. The number of piperazine rings is 1. The maximum atomic E-state index is 12.1. The summed E-state index contributed by atoms with van der Waals surface area (Å²) in [7, 11) is -3.15. The fraction of sp³-hybridized carbons (Fsp3) is 0.423. The molecule has 3 heterocycles. The Morgan fingerprint density at radius 3 is 2.53 bits per heavy atom. The van der Waals surface area contributed by atoms with Crippen LogP contribution in [0.5, 0.6) is 5.75 Å². The van der Waals surface area contributed by atoms with E-state index in [1.165, 1.54) is 0 Å². The number of benzene rings is 2. The van der Waals surface area contributed by atoms with Crippen LogP contribution in [0, 0.1) is 0 Å². The molecule has 0 unspecified atom stereocenters. The van der Waals surface area contributed by atoms with Crippen molar-refractivity contribution in [3.05, 3.63) is 76.8 Å². The topological polar surface area (TPSA) is 86.1 Å². The molecule has 0 saturated carbocycles. The Kier molecular flexibility index (Phi) is 8.18. The van der Waals surface area contributed by atoms with Crippen LogP contribution >= 0.6 is 23.2 Å². The summed E-state index contributed by atoms with van der Waals surface area (Å²) >= 11 is 12.7. The van der Waals surface area contributed by atoms with Gasteiger partial charge in [-0.1, -0.05) is 29.3 Å². The van der Waals surface area contributed by atoms with Gasteiger partial charge in [-0.15, -0.1) is 0 Å². The number of sulfonamides is 1. The van der Waals surface area contributed by atoms with Crippen LogP contribution in [0.3, 0.4) is 0 Å². The van der Waals surface area contributed by atoms with Crippen molar-refractivity contribution in [3.63, 3.8) is 0 Å². The van der Waals surface area contributed by atoms with E-state index in [4.69, 9.17) is 37.4 Å². The van der Waals surface area contributed by atoms with Gasteiger partial charge in [0.05, 0.1) is 30.3 Å². The van der Waals surface area contributed by atoms with E-state index >= 15 is 0 Å². The van der Waals surface area contributed by atoms with Crippen LogP contribution in [-0.4, -0.2) is 73.5 Å². The lowest BCUT2D eigenvalue weighted by atomic mass is 10.1. The third-order valence-corrected chi connectivity index (χ3v) is 9.21. The molecule has 0 N–H and O–H groups in total. The molecule has 204 valence electrons. The molecule has 38 heavy (non-hydrogen) atoms. The summed E-state index contributed by atoms with van der Waals surface area (Å²) < 4.78 is 46.4. The second-order valence-corrected chi connectivity index (χ2v) is 12.4. The molecule has 2 aliphatic heterocycles. The number of nitrogens with zero attached hydrogens (tertiary/aromatic N) is 4. The number of hydrogen-bond acceptors (Lipinski definition) is 7. The van der Waals surface area contributed by atoms with Crippen LogP contribution in [-0.2, 0) is 31.8 Å². The third kappa shape index (κ3) is 5.95. The Hall–Kier alpha value is -2.34. The Balaban J connectivity index is 1.20. The lowest BCUT2D eigenvalue weighted by Gasteiger charge is -2.35. The molecule has 0 radical (unpaired) electrons. The number of rotatable bonds is 9. The van der Waals surface area contributed by atoms with Crippen molar-refractivity contribution >= 4 is 38.9 Å². The van der Waals surface area contributed by atoms with Crippen molar-refractivity contribution in [2.24, 2.45) is 0 Å². The first kappa shape index (κ1) is 27.2. The zero-order chi connectivity index (χ0) is 26.8. The first-order chi connectivity index (χ1) is 18.3. The predicted molar refractivity (Wildman–Crippen MR) is 146 cm³/mol. The number of aromatic nitrogens is 2. The molecule has 3 aromatic rings. The summed E-state index contributed by atoms with van der Waals surface area (Å²) in [5.41, 5.74) is 1.72. The van der Waals surface area contributed by atoms with Crippen molar-refractivity contribution in [2.75, 3.05) is 50.0 Å². The molecule has 2 aliphatic rings. The number of ether oxygens (including phenoxy) is 3. The fourth-order valence-corrected chi connectivity index (χ4v) is 6.36. The summed E-state index contributed by atoms with van der Waals surface area (Å²) in [6.45, 7) is 4.96. The number of halogens is 2. The van der Waals surface area contributed by atoms with Gasteiger partial charge in [0, 0.05) is 54.8 Å². The Morgan fingerprint density at radius 1 is 1.11 bits per heavy atom. The van der Waals surface area contributed by atoms with Gasteiger partial charge in [0.2, 0.25) is 15.8 Å². The third-order valence-electron chi connectivity index (χ3n) is 6.79. The van der Waals surface area contributed by atoms with E-state index in [0.29, 0.717) is 67.3 Å². The molecule has 2 fully saturated rings. The van der Waals surface area contributed by atoms with E-state index in [1.54, 1.807) is 35.9 Å². The molecule has 0 spiro atoms.